The molecule has 1 atom stereocenters. The molecule has 10 heteroatoms. The Morgan fingerprint density at radius 1 is 0.957 bits per heavy atom. The van der Waals surface area contributed by atoms with Crippen LogP contribution in [0.15, 0.2) is 85.2 Å². The van der Waals surface area contributed by atoms with Gasteiger partial charge in [0, 0.05) is 54.2 Å². The van der Waals surface area contributed by atoms with Gasteiger partial charge in [-0.25, -0.2) is 14.4 Å². The topological polar surface area (TPSA) is 107 Å². The Labute approximate surface area is 266 Å². The van der Waals surface area contributed by atoms with Crippen LogP contribution in [0.1, 0.15) is 37.7 Å². The smallest absolute Gasteiger partial charge is 0.236 e. The van der Waals surface area contributed by atoms with Crippen LogP contribution in [0.5, 0.6) is 0 Å². The SMILES string of the molecule is CC1(C(=O)Nc2ccc3[nH]nc(-c4ccc(F)cc4)c3c2)CCN(CC(=O)N2CCC(c3ccc(-c4ncccn4)cc3)CC2)C1. The lowest BCUT2D eigenvalue weighted by atomic mass is 9.88. The average molecular weight is 618 g/mol. The zero-order valence-corrected chi connectivity index (χ0v) is 25.7. The summed E-state index contributed by atoms with van der Waals surface area (Å²) >= 11 is 0. The van der Waals surface area contributed by atoms with Crippen LogP contribution in [0.2, 0.25) is 0 Å². The van der Waals surface area contributed by atoms with E-state index < -0.39 is 5.41 Å². The summed E-state index contributed by atoms with van der Waals surface area (Å²) in [5, 5.41) is 11.4. The van der Waals surface area contributed by atoms with Gasteiger partial charge >= 0.3 is 0 Å². The van der Waals surface area contributed by atoms with Crippen LogP contribution >= 0.6 is 0 Å². The lowest BCUT2D eigenvalue weighted by Crippen LogP contribution is -2.44. The van der Waals surface area contributed by atoms with Crippen molar-refractivity contribution in [3.8, 4) is 22.6 Å². The molecule has 7 rings (SSSR count). The number of aromatic amines is 1. The third-order valence-corrected chi connectivity index (χ3v) is 9.45. The van der Waals surface area contributed by atoms with E-state index >= 15 is 0 Å². The van der Waals surface area contributed by atoms with E-state index in [4.69, 9.17) is 0 Å². The molecule has 2 aliphatic heterocycles. The van der Waals surface area contributed by atoms with E-state index in [0.717, 1.165) is 53.8 Å². The highest BCUT2D eigenvalue weighted by atomic mass is 19.1. The maximum atomic E-state index is 13.5. The molecule has 4 heterocycles. The Kier molecular flexibility index (Phi) is 8.04. The first-order chi connectivity index (χ1) is 22.3. The van der Waals surface area contributed by atoms with Gasteiger partial charge in [-0.15, -0.1) is 0 Å². The summed E-state index contributed by atoms with van der Waals surface area (Å²) in [7, 11) is 0. The average Bonchev–Trinajstić information content (AvgIpc) is 3.69. The third kappa shape index (κ3) is 6.12. The molecule has 0 bridgehead atoms. The van der Waals surface area contributed by atoms with Crippen LogP contribution in [0.3, 0.4) is 0 Å². The second kappa shape index (κ2) is 12.4. The number of benzene rings is 3. The Morgan fingerprint density at radius 2 is 1.67 bits per heavy atom. The predicted octanol–water partition coefficient (Wildman–Crippen LogP) is 5.88. The first-order valence-electron chi connectivity index (χ1n) is 15.8. The van der Waals surface area contributed by atoms with Crippen LogP contribution in [-0.4, -0.2) is 74.5 Å². The molecule has 2 aromatic heterocycles. The molecule has 0 aliphatic carbocycles. The van der Waals surface area contributed by atoms with Crippen LogP contribution in [0.25, 0.3) is 33.5 Å². The van der Waals surface area contributed by atoms with Crippen LogP contribution in [0.4, 0.5) is 10.1 Å². The molecule has 0 saturated carbocycles. The highest BCUT2D eigenvalue weighted by Gasteiger charge is 2.41. The molecular formula is C36H36FN7O2. The quantitative estimate of drug-likeness (QED) is 0.236. The van der Waals surface area contributed by atoms with Gasteiger partial charge in [-0.2, -0.15) is 5.10 Å². The van der Waals surface area contributed by atoms with Crippen molar-refractivity contribution in [2.45, 2.75) is 32.1 Å². The summed E-state index contributed by atoms with van der Waals surface area (Å²) in [5.41, 5.74) is 4.65. The standard InChI is InChI=1S/C36H36FN7O2/c1-36(35(46)40-29-11-12-31-30(21-29)33(42-41-31)26-7-9-28(37)10-8-26)15-20-43(23-36)22-32(45)44-18-13-25(14-19-44)24-3-5-27(6-4-24)34-38-16-2-17-39-34/h2-12,16-17,21,25H,13-15,18-20,22-23H2,1H3,(H,40,46)(H,41,42). The fraction of sp³-hybridized carbons (Fsp3) is 0.306. The first kappa shape index (κ1) is 29.7. The van der Waals surface area contributed by atoms with Crippen molar-refractivity contribution in [2.75, 3.05) is 38.0 Å². The molecule has 2 fully saturated rings. The van der Waals surface area contributed by atoms with Crippen LogP contribution in [0, 0.1) is 11.2 Å². The summed E-state index contributed by atoms with van der Waals surface area (Å²) in [5.74, 6) is 0.886. The van der Waals surface area contributed by atoms with Crippen molar-refractivity contribution < 1.29 is 14.0 Å². The third-order valence-electron chi connectivity index (χ3n) is 9.45. The maximum Gasteiger partial charge on any atom is 0.236 e. The number of anilines is 1. The highest BCUT2D eigenvalue weighted by Crippen LogP contribution is 2.34. The second-order valence-electron chi connectivity index (χ2n) is 12.7. The van der Waals surface area contributed by atoms with Crippen molar-refractivity contribution in [2.24, 2.45) is 5.41 Å². The summed E-state index contributed by atoms with van der Waals surface area (Å²) in [6, 6.07) is 22.1. The zero-order valence-electron chi connectivity index (χ0n) is 25.7. The van der Waals surface area contributed by atoms with Crippen molar-refractivity contribution in [3.63, 3.8) is 0 Å². The number of fused-ring (bicyclic) bond motifs is 1. The molecule has 9 nitrogen and oxygen atoms in total. The lowest BCUT2D eigenvalue weighted by Gasteiger charge is -2.33. The van der Waals surface area contributed by atoms with Crippen molar-refractivity contribution >= 4 is 28.4 Å². The number of amides is 2. The molecule has 0 radical (unpaired) electrons. The summed E-state index contributed by atoms with van der Waals surface area (Å²) in [4.78, 5) is 39.5. The molecule has 2 amide bonds. The van der Waals surface area contributed by atoms with E-state index in [2.05, 4.69) is 54.6 Å². The fourth-order valence-electron chi connectivity index (χ4n) is 6.68. The van der Waals surface area contributed by atoms with E-state index in [1.165, 1.54) is 17.7 Å². The van der Waals surface area contributed by atoms with Gasteiger partial charge < -0.3 is 10.2 Å². The summed E-state index contributed by atoms with van der Waals surface area (Å²) in [6.45, 7) is 4.96. The van der Waals surface area contributed by atoms with E-state index in [1.807, 2.05) is 36.1 Å². The maximum absolute atomic E-state index is 13.5. The molecule has 5 aromatic rings. The first-order valence-corrected chi connectivity index (χ1v) is 15.8. The number of hydrogen-bond donors (Lipinski definition) is 2. The lowest BCUT2D eigenvalue weighted by molar-refractivity contribution is -0.133. The van der Waals surface area contributed by atoms with E-state index in [-0.39, 0.29) is 17.6 Å². The molecule has 2 aliphatic rings. The number of aromatic nitrogens is 4. The molecular weight excluding hydrogens is 581 g/mol. The number of piperidine rings is 1. The molecule has 2 N–H and O–H groups in total. The fourth-order valence-corrected chi connectivity index (χ4v) is 6.68. The van der Waals surface area contributed by atoms with Crippen molar-refractivity contribution in [1.29, 1.82) is 0 Å². The molecule has 46 heavy (non-hydrogen) atoms. The normalized spacial score (nSPS) is 19.0. The Hall–Kier alpha value is -4.96. The number of nitrogens with one attached hydrogen (secondary N) is 2. The Balaban J connectivity index is 0.921. The van der Waals surface area contributed by atoms with Crippen molar-refractivity contribution in [1.82, 2.24) is 30.0 Å². The minimum atomic E-state index is -0.616. The predicted molar refractivity (Wildman–Crippen MR) is 175 cm³/mol. The molecule has 1 unspecified atom stereocenters. The zero-order chi connectivity index (χ0) is 31.7. The largest absolute Gasteiger partial charge is 0.342 e. The monoisotopic (exact) mass is 617 g/mol. The molecule has 2 saturated heterocycles. The number of carbonyl (C=O) groups excluding carboxylic acids is 2. The molecule has 0 spiro atoms. The van der Waals surface area contributed by atoms with Gasteiger partial charge in [0.15, 0.2) is 5.82 Å². The number of hydrogen-bond acceptors (Lipinski definition) is 6. The Morgan fingerprint density at radius 3 is 2.41 bits per heavy atom. The van der Waals surface area contributed by atoms with Gasteiger partial charge in [0.25, 0.3) is 0 Å². The van der Waals surface area contributed by atoms with Gasteiger partial charge in [-0.3, -0.25) is 19.6 Å². The number of carbonyl (C=O) groups is 2. The minimum absolute atomic E-state index is 0.0701. The number of H-pyrrole nitrogens is 1. The molecule has 234 valence electrons. The molecule has 3 aromatic carbocycles. The van der Waals surface area contributed by atoms with Gasteiger partial charge in [0.2, 0.25) is 11.8 Å². The van der Waals surface area contributed by atoms with Crippen LogP contribution < -0.4 is 5.32 Å². The van der Waals surface area contributed by atoms with E-state index in [9.17, 15) is 14.0 Å². The highest BCUT2D eigenvalue weighted by molar-refractivity contribution is 6.00. The van der Waals surface area contributed by atoms with Gasteiger partial charge in [0.05, 0.1) is 23.2 Å². The second-order valence-corrected chi connectivity index (χ2v) is 12.7. The summed E-state index contributed by atoms with van der Waals surface area (Å²) in [6.07, 6.45) is 6.02. The number of likely N-dealkylation sites (tertiary alicyclic amines) is 2. The summed E-state index contributed by atoms with van der Waals surface area (Å²) < 4.78 is 13.4. The van der Waals surface area contributed by atoms with Crippen molar-refractivity contribution in [3.05, 3.63) is 96.6 Å². The van der Waals surface area contributed by atoms with E-state index in [0.29, 0.717) is 43.4 Å². The van der Waals surface area contributed by atoms with Gasteiger partial charge in [0.1, 0.15) is 5.82 Å². The number of rotatable bonds is 7. The minimum Gasteiger partial charge on any atom is -0.342 e. The number of halogens is 1. The number of nitrogens with zero attached hydrogens (tertiary/aromatic N) is 5. The van der Waals surface area contributed by atoms with Gasteiger partial charge in [-0.05, 0) is 92.7 Å². The Bertz CT molecular complexity index is 1850. The van der Waals surface area contributed by atoms with Gasteiger partial charge in [-0.1, -0.05) is 24.3 Å². The van der Waals surface area contributed by atoms with Crippen LogP contribution in [-0.2, 0) is 9.59 Å². The van der Waals surface area contributed by atoms with E-state index in [1.54, 1.807) is 24.5 Å².